The molecule has 0 bridgehead atoms. The van der Waals surface area contributed by atoms with Gasteiger partial charge in [-0.1, -0.05) is 30.3 Å². The van der Waals surface area contributed by atoms with E-state index in [4.69, 9.17) is 23.9 Å². The molecule has 2 atom stereocenters. The Kier molecular flexibility index (Phi) is 7.30. The van der Waals surface area contributed by atoms with E-state index in [9.17, 15) is 9.59 Å². The van der Waals surface area contributed by atoms with Crippen molar-refractivity contribution in [2.45, 2.75) is 44.2 Å². The van der Waals surface area contributed by atoms with E-state index >= 15 is 0 Å². The third kappa shape index (κ3) is 5.35. The van der Waals surface area contributed by atoms with Gasteiger partial charge in [0, 0.05) is 44.1 Å². The Hall–Kier alpha value is -4.99. The lowest BCUT2D eigenvalue weighted by molar-refractivity contribution is 0.0765. The van der Waals surface area contributed by atoms with Crippen molar-refractivity contribution < 1.29 is 28.5 Å². The standard InChI is InChI=1S/C37H38N4O6/c1-44-31-14-27-29(38-19-25-13-24(21-40(25)35(27)42)23-7-4-3-5-8-23)16-33(31)46-11-6-12-47-34-17-30-28(15-32(34)45-2)36(43)41-22-37(9-10-37)18-26(41)20-39-30/h3-5,7-8,14-17,20-21,25-26,38H,6,9-13,18-19,22H2,1-2H3/t25-,26-/m0/s1. The number of hydrogen-bond donors (Lipinski definition) is 1. The Morgan fingerprint density at radius 2 is 1.62 bits per heavy atom. The summed E-state index contributed by atoms with van der Waals surface area (Å²) >= 11 is 0. The topological polar surface area (TPSA) is 102 Å². The molecule has 1 saturated heterocycles. The van der Waals surface area contributed by atoms with Crippen molar-refractivity contribution >= 4 is 35.0 Å². The van der Waals surface area contributed by atoms with Gasteiger partial charge in [0.2, 0.25) is 0 Å². The number of rotatable bonds is 9. The summed E-state index contributed by atoms with van der Waals surface area (Å²) in [6.45, 7) is 2.16. The Morgan fingerprint density at radius 1 is 0.894 bits per heavy atom. The molecule has 0 unspecified atom stereocenters. The molecule has 1 aliphatic carbocycles. The summed E-state index contributed by atoms with van der Waals surface area (Å²) in [5.41, 5.74) is 5.01. The number of fused-ring (bicyclic) bond motifs is 4. The highest BCUT2D eigenvalue weighted by Crippen LogP contribution is 2.55. The Bertz CT molecular complexity index is 1800. The van der Waals surface area contributed by atoms with Crippen LogP contribution < -0.4 is 24.3 Å². The maximum Gasteiger partial charge on any atom is 0.260 e. The lowest BCUT2D eigenvalue weighted by Gasteiger charge is -2.21. The molecule has 4 heterocycles. The number of ether oxygens (including phenoxy) is 4. The molecule has 3 aromatic rings. The minimum Gasteiger partial charge on any atom is -0.493 e. The van der Waals surface area contributed by atoms with Gasteiger partial charge in [-0.25, -0.2) is 0 Å². The molecule has 4 aliphatic heterocycles. The van der Waals surface area contributed by atoms with E-state index in [0.29, 0.717) is 71.4 Å². The third-order valence-corrected chi connectivity index (χ3v) is 10.1. The normalized spacial score (nSPS) is 21.5. The fourth-order valence-electron chi connectivity index (χ4n) is 7.28. The number of aliphatic imine (C=N–C) groups is 1. The van der Waals surface area contributed by atoms with Crippen molar-refractivity contribution in [2.24, 2.45) is 10.4 Å². The zero-order valence-corrected chi connectivity index (χ0v) is 26.7. The minimum absolute atomic E-state index is 0.00390. The number of methoxy groups -OCH3 is 2. The monoisotopic (exact) mass is 634 g/mol. The van der Waals surface area contributed by atoms with Gasteiger partial charge in [0.05, 0.1) is 62.0 Å². The van der Waals surface area contributed by atoms with Gasteiger partial charge in [0.15, 0.2) is 23.0 Å². The second kappa shape index (κ2) is 11.7. The molecule has 2 fully saturated rings. The number of nitrogens with zero attached hydrogens (tertiary/aromatic N) is 3. The number of amides is 2. The lowest BCUT2D eigenvalue weighted by atomic mass is 10.0. The SMILES string of the molecule is COc1cc2c(cc1OCCCOc1cc3c(cc1OC)C(=O)N1C=C(c4ccccc4)C[C@H]1CN3)N=C[C@@H]1CC3(CC3)CN1C2=O. The third-order valence-electron chi connectivity index (χ3n) is 10.1. The van der Waals surface area contributed by atoms with Crippen LogP contribution in [0.25, 0.3) is 5.57 Å². The van der Waals surface area contributed by atoms with Crippen molar-refractivity contribution in [2.75, 3.05) is 45.8 Å². The van der Waals surface area contributed by atoms with E-state index in [1.54, 1.807) is 32.4 Å². The van der Waals surface area contributed by atoms with Crippen LogP contribution in [0.3, 0.4) is 0 Å². The molecule has 10 heteroatoms. The summed E-state index contributed by atoms with van der Waals surface area (Å²) in [6.07, 6.45) is 8.63. The van der Waals surface area contributed by atoms with E-state index < -0.39 is 0 Å². The number of carbonyl (C=O) groups excluding carboxylic acids is 2. The second-order valence-corrected chi connectivity index (χ2v) is 13.1. The van der Waals surface area contributed by atoms with Gasteiger partial charge >= 0.3 is 0 Å². The van der Waals surface area contributed by atoms with Crippen LogP contribution in [0.2, 0.25) is 0 Å². The quantitative estimate of drug-likeness (QED) is 0.291. The highest BCUT2D eigenvalue weighted by Gasteiger charge is 2.53. The van der Waals surface area contributed by atoms with Crippen LogP contribution in [0.4, 0.5) is 11.4 Å². The van der Waals surface area contributed by atoms with Gasteiger partial charge in [-0.2, -0.15) is 0 Å². The smallest absolute Gasteiger partial charge is 0.260 e. The molecule has 1 saturated carbocycles. The van der Waals surface area contributed by atoms with E-state index in [0.717, 1.165) is 36.2 Å². The molecule has 242 valence electrons. The lowest BCUT2D eigenvalue weighted by Crippen LogP contribution is -2.35. The molecule has 47 heavy (non-hydrogen) atoms. The first kappa shape index (κ1) is 29.4. The fraction of sp³-hybridized carbons (Fsp3) is 0.378. The molecule has 3 aromatic carbocycles. The molecule has 1 spiro atoms. The van der Waals surface area contributed by atoms with Crippen LogP contribution in [0.15, 0.2) is 65.8 Å². The highest BCUT2D eigenvalue weighted by atomic mass is 16.5. The summed E-state index contributed by atoms with van der Waals surface area (Å²) in [5, 5.41) is 3.47. The highest BCUT2D eigenvalue weighted by molar-refractivity contribution is 6.04. The molecule has 0 aromatic heterocycles. The molecule has 1 N–H and O–H groups in total. The largest absolute Gasteiger partial charge is 0.493 e. The van der Waals surface area contributed by atoms with E-state index in [1.165, 1.54) is 12.8 Å². The van der Waals surface area contributed by atoms with E-state index in [-0.39, 0.29) is 23.9 Å². The van der Waals surface area contributed by atoms with Crippen LogP contribution in [0, 0.1) is 5.41 Å². The van der Waals surface area contributed by atoms with Gasteiger partial charge < -0.3 is 34.1 Å². The molecular weight excluding hydrogens is 596 g/mol. The van der Waals surface area contributed by atoms with Crippen molar-refractivity contribution in [3.63, 3.8) is 0 Å². The van der Waals surface area contributed by atoms with Crippen LogP contribution in [-0.2, 0) is 0 Å². The molecule has 8 rings (SSSR count). The van der Waals surface area contributed by atoms with Crippen molar-refractivity contribution in [3.8, 4) is 23.0 Å². The molecular formula is C37H38N4O6. The first-order valence-corrected chi connectivity index (χ1v) is 16.3. The predicted molar refractivity (Wildman–Crippen MR) is 178 cm³/mol. The zero-order chi connectivity index (χ0) is 32.1. The van der Waals surface area contributed by atoms with E-state index in [2.05, 4.69) is 17.4 Å². The number of anilines is 1. The first-order chi connectivity index (χ1) is 22.9. The van der Waals surface area contributed by atoms with Crippen molar-refractivity contribution in [1.29, 1.82) is 0 Å². The Morgan fingerprint density at radius 3 is 2.34 bits per heavy atom. The number of carbonyl (C=O) groups is 2. The van der Waals surface area contributed by atoms with Crippen LogP contribution in [0.1, 0.15) is 58.4 Å². The summed E-state index contributed by atoms with van der Waals surface area (Å²) in [6, 6.07) is 17.4. The van der Waals surface area contributed by atoms with Gasteiger partial charge in [0.1, 0.15) is 0 Å². The van der Waals surface area contributed by atoms with Crippen LogP contribution in [-0.4, -0.2) is 80.4 Å². The molecule has 10 nitrogen and oxygen atoms in total. The fourth-order valence-corrected chi connectivity index (χ4v) is 7.28. The molecule has 5 aliphatic rings. The summed E-state index contributed by atoms with van der Waals surface area (Å²) < 4.78 is 23.5. The number of hydrogen-bond acceptors (Lipinski definition) is 8. The minimum atomic E-state index is -0.0628. The zero-order valence-electron chi connectivity index (χ0n) is 26.7. The maximum absolute atomic E-state index is 13.7. The Labute approximate surface area is 274 Å². The van der Waals surface area contributed by atoms with Crippen LogP contribution >= 0.6 is 0 Å². The predicted octanol–water partition coefficient (Wildman–Crippen LogP) is 5.94. The van der Waals surface area contributed by atoms with Crippen LogP contribution in [0.5, 0.6) is 23.0 Å². The van der Waals surface area contributed by atoms with E-state index in [1.807, 2.05) is 46.5 Å². The van der Waals surface area contributed by atoms with Gasteiger partial charge in [-0.15, -0.1) is 0 Å². The maximum atomic E-state index is 13.7. The second-order valence-electron chi connectivity index (χ2n) is 13.1. The summed E-state index contributed by atoms with van der Waals surface area (Å²) in [7, 11) is 3.15. The summed E-state index contributed by atoms with van der Waals surface area (Å²) in [4.78, 5) is 35.6. The number of benzene rings is 3. The summed E-state index contributed by atoms with van der Waals surface area (Å²) in [5.74, 6) is 2.02. The molecule has 0 radical (unpaired) electrons. The number of nitrogens with one attached hydrogen (secondary N) is 1. The van der Waals surface area contributed by atoms with Gasteiger partial charge in [0.25, 0.3) is 11.8 Å². The van der Waals surface area contributed by atoms with Crippen molar-refractivity contribution in [3.05, 3.63) is 77.5 Å². The molecule has 2 amide bonds. The van der Waals surface area contributed by atoms with Gasteiger partial charge in [-0.3, -0.25) is 14.6 Å². The average molecular weight is 635 g/mol. The average Bonchev–Trinajstić information content (AvgIpc) is 3.63. The Balaban J connectivity index is 0.915. The van der Waals surface area contributed by atoms with Gasteiger partial charge in [-0.05, 0) is 54.4 Å². The first-order valence-electron chi connectivity index (χ1n) is 16.3. The van der Waals surface area contributed by atoms with Crippen molar-refractivity contribution in [1.82, 2.24) is 9.80 Å².